The van der Waals surface area contributed by atoms with Gasteiger partial charge in [-0.3, -0.25) is 0 Å². The van der Waals surface area contributed by atoms with Gasteiger partial charge < -0.3 is 4.42 Å². The van der Waals surface area contributed by atoms with E-state index < -0.39 is 0 Å². The third kappa shape index (κ3) is 2.18. The summed E-state index contributed by atoms with van der Waals surface area (Å²) < 4.78 is 7.51. The van der Waals surface area contributed by atoms with Gasteiger partial charge in [-0.15, -0.1) is 0 Å². The average Bonchev–Trinajstić information content (AvgIpc) is 2.69. The molecule has 1 aromatic carbocycles. The third-order valence-corrected chi connectivity index (χ3v) is 3.53. The molecule has 78 valence electrons. The Balaban J connectivity index is 2.58. The van der Waals surface area contributed by atoms with E-state index >= 15 is 0 Å². The number of benzene rings is 1. The van der Waals surface area contributed by atoms with E-state index in [-0.39, 0.29) is 0 Å². The van der Waals surface area contributed by atoms with Crippen molar-refractivity contribution in [3.8, 4) is 11.3 Å². The van der Waals surface area contributed by atoms with Crippen LogP contribution in [-0.4, -0.2) is 0 Å². The van der Waals surface area contributed by atoms with Crippen molar-refractivity contribution in [2.24, 2.45) is 0 Å². The standard InChI is InChI=1S/C12H10Br2O/c1-2-8-6-9(13)12(10(14)7-8)11-4-3-5-15-11/h3-7H,2H2,1H3. The highest BCUT2D eigenvalue weighted by molar-refractivity contribution is 9.11. The van der Waals surface area contributed by atoms with Crippen LogP contribution in [0.1, 0.15) is 12.5 Å². The summed E-state index contributed by atoms with van der Waals surface area (Å²) in [5.41, 5.74) is 2.36. The highest BCUT2D eigenvalue weighted by Gasteiger charge is 2.11. The lowest BCUT2D eigenvalue weighted by Gasteiger charge is -2.07. The van der Waals surface area contributed by atoms with Crippen molar-refractivity contribution in [1.29, 1.82) is 0 Å². The molecule has 1 aromatic heterocycles. The molecular formula is C12H10Br2O. The smallest absolute Gasteiger partial charge is 0.136 e. The fourth-order valence-corrected chi connectivity index (χ4v) is 3.16. The molecule has 0 radical (unpaired) electrons. The van der Waals surface area contributed by atoms with Crippen LogP contribution in [0.25, 0.3) is 11.3 Å². The van der Waals surface area contributed by atoms with E-state index in [1.807, 2.05) is 12.1 Å². The Hall–Kier alpha value is -0.540. The summed E-state index contributed by atoms with van der Waals surface area (Å²) in [5.74, 6) is 0.872. The van der Waals surface area contributed by atoms with Gasteiger partial charge in [-0.25, -0.2) is 0 Å². The molecule has 0 saturated carbocycles. The van der Waals surface area contributed by atoms with E-state index in [9.17, 15) is 0 Å². The largest absolute Gasteiger partial charge is 0.464 e. The Morgan fingerprint density at radius 1 is 1.20 bits per heavy atom. The first-order valence-electron chi connectivity index (χ1n) is 4.74. The van der Waals surface area contributed by atoms with Gasteiger partial charge in [-0.05, 0) is 68.1 Å². The Kier molecular flexibility index (Phi) is 3.32. The number of hydrogen-bond donors (Lipinski definition) is 0. The number of aryl methyl sites for hydroxylation is 1. The summed E-state index contributed by atoms with van der Waals surface area (Å²) >= 11 is 7.14. The minimum absolute atomic E-state index is 0.872. The molecular weight excluding hydrogens is 320 g/mol. The molecule has 0 fully saturated rings. The Labute approximate surface area is 106 Å². The van der Waals surface area contributed by atoms with Crippen molar-refractivity contribution in [2.45, 2.75) is 13.3 Å². The zero-order valence-electron chi connectivity index (χ0n) is 8.26. The summed E-state index contributed by atoms with van der Waals surface area (Å²) in [5, 5.41) is 0. The third-order valence-electron chi connectivity index (χ3n) is 2.28. The summed E-state index contributed by atoms with van der Waals surface area (Å²) in [7, 11) is 0. The first kappa shape index (κ1) is 11.0. The maximum absolute atomic E-state index is 5.39. The van der Waals surface area contributed by atoms with Crippen molar-refractivity contribution < 1.29 is 4.42 Å². The van der Waals surface area contributed by atoms with Crippen LogP contribution in [0.15, 0.2) is 43.9 Å². The van der Waals surface area contributed by atoms with Gasteiger partial charge >= 0.3 is 0 Å². The molecule has 0 aliphatic rings. The van der Waals surface area contributed by atoms with Gasteiger partial charge in [0.25, 0.3) is 0 Å². The van der Waals surface area contributed by atoms with Gasteiger partial charge in [-0.1, -0.05) is 6.92 Å². The molecule has 15 heavy (non-hydrogen) atoms. The molecule has 1 heterocycles. The molecule has 0 aliphatic heterocycles. The van der Waals surface area contributed by atoms with Crippen molar-refractivity contribution in [2.75, 3.05) is 0 Å². The first-order chi connectivity index (χ1) is 7.22. The van der Waals surface area contributed by atoms with E-state index in [1.165, 1.54) is 5.56 Å². The van der Waals surface area contributed by atoms with Crippen LogP contribution in [0, 0.1) is 0 Å². The van der Waals surface area contributed by atoms with Gasteiger partial charge in [0.15, 0.2) is 0 Å². The lowest BCUT2D eigenvalue weighted by Crippen LogP contribution is -1.85. The molecule has 0 spiro atoms. The number of rotatable bonds is 2. The average molecular weight is 330 g/mol. The molecule has 2 rings (SSSR count). The number of hydrogen-bond acceptors (Lipinski definition) is 1. The highest BCUT2D eigenvalue weighted by atomic mass is 79.9. The van der Waals surface area contributed by atoms with Crippen molar-refractivity contribution >= 4 is 31.9 Å². The van der Waals surface area contributed by atoms with Gasteiger partial charge in [-0.2, -0.15) is 0 Å². The quantitative estimate of drug-likeness (QED) is 0.752. The normalized spacial score (nSPS) is 10.6. The van der Waals surface area contributed by atoms with Crippen molar-refractivity contribution in [3.05, 3.63) is 45.0 Å². The molecule has 2 aromatic rings. The second-order valence-corrected chi connectivity index (χ2v) is 4.97. The molecule has 0 amide bonds. The second kappa shape index (κ2) is 4.54. The number of furan rings is 1. The van der Waals surface area contributed by atoms with E-state index in [0.717, 1.165) is 26.7 Å². The zero-order chi connectivity index (χ0) is 10.8. The Morgan fingerprint density at radius 2 is 1.87 bits per heavy atom. The molecule has 0 unspecified atom stereocenters. The maximum atomic E-state index is 5.39. The van der Waals surface area contributed by atoms with Crippen LogP contribution < -0.4 is 0 Å². The molecule has 0 saturated heterocycles. The van der Waals surface area contributed by atoms with E-state index in [0.29, 0.717) is 0 Å². The molecule has 3 heteroatoms. The fraction of sp³-hybridized carbons (Fsp3) is 0.167. The van der Waals surface area contributed by atoms with Gasteiger partial charge in [0.2, 0.25) is 0 Å². The minimum Gasteiger partial charge on any atom is -0.464 e. The highest BCUT2D eigenvalue weighted by Crippen LogP contribution is 2.36. The maximum Gasteiger partial charge on any atom is 0.136 e. The van der Waals surface area contributed by atoms with Crippen LogP contribution in [0.2, 0.25) is 0 Å². The Morgan fingerprint density at radius 3 is 2.33 bits per heavy atom. The van der Waals surface area contributed by atoms with Crippen LogP contribution in [0.4, 0.5) is 0 Å². The predicted octanol–water partition coefficient (Wildman–Crippen LogP) is 5.03. The van der Waals surface area contributed by atoms with Gasteiger partial charge in [0, 0.05) is 14.5 Å². The summed E-state index contributed by atoms with van der Waals surface area (Å²) in [6, 6.07) is 8.10. The van der Waals surface area contributed by atoms with Gasteiger partial charge in [0.05, 0.1) is 6.26 Å². The summed E-state index contributed by atoms with van der Waals surface area (Å²) in [6.07, 6.45) is 2.71. The first-order valence-corrected chi connectivity index (χ1v) is 6.32. The lowest BCUT2D eigenvalue weighted by molar-refractivity contribution is 0.581. The molecule has 0 N–H and O–H groups in total. The van der Waals surface area contributed by atoms with Gasteiger partial charge in [0.1, 0.15) is 5.76 Å². The second-order valence-electron chi connectivity index (χ2n) is 3.27. The van der Waals surface area contributed by atoms with E-state index in [1.54, 1.807) is 6.26 Å². The minimum atomic E-state index is 0.872. The van der Waals surface area contributed by atoms with Crippen LogP contribution in [0.3, 0.4) is 0 Å². The van der Waals surface area contributed by atoms with E-state index in [4.69, 9.17) is 4.42 Å². The zero-order valence-corrected chi connectivity index (χ0v) is 11.4. The lowest BCUT2D eigenvalue weighted by atomic mass is 10.1. The fourth-order valence-electron chi connectivity index (χ4n) is 1.49. The predicted molar refractivity (Wildman–Crippen MR) is 68.9 cm³/mol. The number of halogens is 2. The van der Waals surface area contributed by atoms with E-state index in [2.05, 4.69) is 50.9 Å². The SMILES string of the molecule is CCc1cc(Br)c(-c2ccco2)c(Br)c1. The van der Waals surface area contributed by atoms with Crippen molar-refractivity contribution in [1.82, 2.24) is 0 Å². The summed E-state index contributed by atoms with van der Waals surface area (Å²) in [4.78, 5) is 0. The molecule has 1 nitrogen and oxygen atoms in total. The van der Waals surface area contributed by atoms with Crippen molar-refractivity contribution in [3.63, 3.8) is 0 Å². The molecule has 0 bridgehead atoms. The van der Waals surface area contributed by atoms with Crippen LogP contribution >= 0.6 is 31.9 Å². The molecule has 0 aliphatic carbocycles. The molecule has 0 atom stereocenters. The topological polar surface area (TPSA) is 13.1 Å². The Bertz CT molecular complexity index is 437. The monoisotopic (exact) mass is 328 g/mol. The summed E-state index contributed by atoms with van der Waals surface area (Å²) in [6.45, 7) is 2.14. The van der Waals surface area contributed by atoms with Crippen LogP contribution in [-0.2, 0) is 6.42 Å². The van der Waals surface area contributed by atoms with Crippen LogP contribution in [0.5, 0.6) is 0 Å².